The predicted octanol–water partition coefficient (Wildman–Crippen LogP) is 3.31. The molecule has 0 aliphatic carbocycles. The van der Waals surface area contributed by atoms with Crippen LogP contribution < -0.4 is 4.74 Å². The van der Waals surface area contributed by atoms with Crippen LogP contribution in [0.4, 0.5) is 0 Å². The summed E-state index contributed by atoms with van der Waals surface area (Å²) in [5, 5.41) is 1.66. The van der Waals surface area contributed by atoms with Gasteiger partial charge in [-0.1, -0.05) is 15.9 Å². The first-order chi connectivity index (χ1) is 9.24. The van der Waals surface area contributed by atoms with Crippen LogP contribution >= 0.6 is 15.9 Å². The fourth-order valence-electron chi connectivity index (χ4n) is 1.81. The number of ether oxygens (including phenoxy) is 2. The van der Waals surface area contributed by atoms with Crippen molar-refractivity contribution in [1.82, 2.24) is 0 Å². The summed E-state index contributed by atoms with van der Waals surface area (Å²) in [5.41, 5.74) is 1.56. The van der Waals surface area contributed by atoms with Crippen molar-refractivity contribution in [2.24, 2.45) is 0 Å². The van der Waals surface area contributed by atoms with Crippen molar-refractivity contribution < 1.29 is 18.7 Å². The molecule has 2 rings (SSSR count). The van der Waals surface area contributed by atoms with Gasteiger partial charge in [0.15, 0.2) is 0 Å². The number of hydrogen-bond acceptors (Lipinski definition) is 4. The average molecular weight is 327 g/mol. The molecule has 0 bridgehead atoms. The Morgan fingerprint density at radius 2 is 2.26 bits per heavy atom. The second-order valence-corrected chi connectivity index (χ2v) is 4.73. The Morgan fingerprint density at radius 3 is 3.00 bits per heavy atom. The highest BCUT2D eigenvalue weighted by Crippen LogP contribution is 2.26. The number of alkyl halides is 1. The number of halogens is 1. The van der Waals surface area contributed by atoms with E-state index in [1.54, 1.807) is 13.2 Å². The van der Waals surface area contributed by atoms with Gasteiger partial charge in [-0.15, -0.1) is 0 Å². The fourth-order valence-corrected chi connectivity index (χ4v) is 1.97. The Bertz CT molecular complexity index is 562. The molecule has 5 heteroatoms. The molecule has 102 valence electrons. The van der Waals surface area contributed by atoms with Crippen LogP contribution in [-0.2, 0) is 16.0 Å². The predicted molar refractivity (Wildman–Crippen MR) is 75.8 cm³/mol. The van der Waals surface area contributed by atoms with Gasteiger partial charge in [0, 0.05) is 16.3 Å². The Hall–Kier alpha value is -1.49. The van der Waals surface area contributed by atoms with E-state index in [2.05, 4.69) is 15.9 Å². The van der Waals surface area contributed by atoms with Gasteiger partial charge in [0.1, 0.15) is 11.3 Å². The van der Waals surface area contributed by atoms with E-state index in [9.17, 15) is 4.79 Å². The number of carbonyl (C=O) groups excluding carboxylic acids is 1. The van der Waals surface area contributed by atoms with Crippen LogP contribution in [0.2, 0.25) is 0 Å². The smallest absolute Gasteiger partial charge is 0.310 e. The lowest BCUT2D eigenvalue weighted by Crippen LogP contribution is -2.06. The minimum atomic E-state index is -0.253. The third-order valence-electron chi connectivity index (χ3n) is 2.61. The van der Waals surface area contributed by atoms with Crippen molar-refractivity contribution in [3.63, 3.8) is 0 Å². The molecule has 0 saturated carbocycles. The van der Waals surface area contributed by atoms with E-state index in [1.165, 1.54) is 0 Å². The van der Waals surface area contributed by atoms with Gasteiger partial charge in [-0.2, -0.15) is 0 Å². The zero-order valence-corrected chi connectivity index (χ0v) is 12.2. The lowest BCUT2D eigenvalue weighted by Gasteiger charge is -2.04. The van der Waals surface area contributed by atoms with E-state index in [1.807, 2.05) is 18.2 Å². The van der Waals surface area contributed by atoms with Crippen LogP contribution in [0.1, 0.15) is 12.5 Å². The molecule has 0 spiro atoms. The second-order valence-electron chi connectivity index (χ2n) is 3.94. The summed E-state index contributed by atoms with van der Waals surface area (Å²) >= 11 is 3.31. The monoisotopic (exact) mass is 326 g/mol. The van der Waals surface area contributed by atoms with Crippen LogP contribution in [0.3, 0.4) is 0 Å². The largest absolute Gasteiger partial charge is 0.493 e. The Balaban J connectivity index is 2.21. The SMILES string of the molecule is CCOC(=O)Cc1coc2ccc(OCCBr)cc12. The van der Waals surface area contributed by atoms with E-state index >= 15 is 0 Å². The molecule has 0 atom stereocenters. The number of furan rings is 1. The molecule has 0 radical (unpaired) electrons. The summed E-state index contributed by atoms with van der Waals surface area (Å²) < 4.78 is 15.9. The van der Waals surface area contributed by atoms with Gasteiger partial charge >= 0.3 is 5.97 Å². The standard InChI is InChI=1S/C14H15BrO4/c1-2-17-14(16)7-10-9-19-13-4-3-11(8-12(10)13)18-6-5-15/h3-4,8-9H,2,5-7H2,1H3. The van der Waals surface area contributed by atoms with Crippen molar-refractivity contribution in [1.29, 1.82) is 0 Å². The first-order valence-electron chi connectivity index (χ1n) is 6.09. The van der Waals surface area contributed by atoms with Gasteiger partial charge in [-0.05, 0) is 25.1 Å². The van der Waals surface area contributed by atoms with E-state index < -0.39 is 0 Å². The van der Waals surface area contributed by atoms with E-state index in [0.717, 1.165) is 27.6 Å². The molecule has 0 amide bonds. The van der Waals surface area contributed by atoms with Crippen molar-refractivity contribution in [2.75, 3.05) is 18.5 Å². The van der Waals surface area contributed by atoms with Crippen LogP contribution in [-0.4, -0.2) is 24.5 Å². The minimum absolute atomic E-state index is 0.211. The van der Waals surface area contributed by atoms with E-state index in [4.69, 9.17) is 13.9 Å². The second kappa shape index (κ2) is 6.61. The maximum atomic E-state index is 11.5. The van der Waals surface area contributed by atoms with Gasteiger partial charge in [-0.25, -0.2) is 0 Å². The van der Waals surface area contributed by atoms with Crippen molar-refractivity contribution in [3.8, 4) is 5.75 Å². The summed E-state index contributed by atoms with van der Waals surface area (Å²) in [6, 6.07) is 5.58. The maximum absolute atomic E-state index is 11.5. The molecule has 1 heterocycles. The number of esters is 1. The highest BCUT2D eigenvalue weighted by molar-refractivity contribution is 9.09. The van der Waals surface area contributed by atoms with E-state index in [0.29, 0.717) is 13.2 Å². The van der Waals surface area contributed by atoms with Crippen molar-refractivity contribution in [2.45, 2.75) is 13.3 Å². The number of hydrogen-bond donors (Lipinski definition) is 0. The molecular formula is C14H15BrO4. The maximum Gasteiger partial charge on any atom is 0.310 e. The lowest BCUT2D eigenvalue weighted by atomic mass is 10.1. The molecule has 0 unspecified atom stereocenters. The third-order valence-corrected chi connectivity index (χ3v) is 2.93. The topological polar surface area (TPSA) is 48.7 Å². The van der Waals surface area contributed by atoms with Crippen LogP contribution in [0, 0.1) is 0 Å². The highest BCUT2D eigenvalue weighted by Gasteiger charge is 2.12. The lowest BCUT2D eigenvalue weighted by molar-refractivity contribution is -0.142. The van der Waals surface area contributed by atoms with Gasteiger partial charge in [0.25, 0.3) is 0 Å². The Morgan fingerprint density at radius 1 is 1.42 bits per heavy atom. The summed E-state index contributed by atoms with van der Waals surface area (Å²) in [6.07, 6.45) is 1.80. The Kier molecular flexibility index (Phi) is 4.85. The molecule has 4 nitrogen and oxygen atoms in total. The first-order valence-corrected chi connectivity index (χ1v) is 7.21. The molecule has 0 fully saturated rings. The fraction of sp³-hybridized carbons (Fsp3) is 0.357. The molecule has 1 aromatic heterocycles. The quantitative estimate of drug-likeness (QED) is 0.603. The molecule has 0 N–H and O–H groups in total. The average Bonchev–Trinajstić information content (AvgIpc) is 2.79. The Labute approximate surface area is 119 Å². The van der Waals surface area contributed by atoms with Crippen molar-refractivity contribution in [3.05, 3.63) is 30.0 Å². The van der Waals surface area contributed by atoms with E-state index in [-0.39, 0.29) is 12.4 Å². The molecule has 1 aromatic carbocycles. The molecule has 0 aliphatic rings. The van der Waals surface area contributed by atoms with Gasteiger partial charge in [0.05, 0.1) is 25.9 Å². The third kappa shape index (κ3) is 3.50. The molecule has 0 saturated heterocycles. The minimum Gasteiger partial charge on any atom is -0.493 e. The van der Waals surface area contributed by atoms with Crippen LogP contribution in [0.15, 0.2) is 28.9 Å². The molecular weight excluding hydrogens is 312 g/mol. The number of benzene rings is 1. The van der Waals surface area contributed by atoms with Gasteiger partial charge < -0.3 is 13.9 Å². The summed E-state index contributed by atoms with van der Waals surface area (Å²) in [5.74, 6) is 0.510. The van der Waals surface area contributed by atoms with Crippen LogP contribution in [0.25, 0.3) is 11.0 Å². The zero-order chi connectivity index (χ0) is 13.7. The highest BCUT2D eigenvalue weighted by atomic mass is 79.9. The molecule has 19 heavy (non-hydrogen) atoms. The zero-order valence-electron chi connectivity index (χ0n) is 10.6. The number of rotatable bonds is 6. The molecule has 0 aliphatic heterocycles. The first kappa shape index (κ1) is 13.9. The van der Waals surface area contributed by atoms with Gasteiger partial charge in [-0.3, -0.25) is 4.79 Å². The summed E-state index contributed by atoms with van der Waals surface area (Å²) in [4.78, 5) is 11.5. The number of carbonyl (C=O) groups is 1. The van der Waals surface area contributed by atoms with Crippen molar-refractivity contribution >= 4 is 32.9 Å². The van der Waals surface area contributed by atoms with Crippen LogP contribution in [0.5, 0.6) is 5.75 Å². The summed E-state index contributed by atoms with van der Waals surface area (Å²) in [6.45, 7) is 2.77. The number of fused-ring (bicyclic) bond motifs is 1. The molecule has 2 aromatic rings. The van der Waals surface area contributed by atoms with Gasteiger partial charge in [0.2, 0.25) is 0 Å². The summed E-state index contributed by atoms with van der Waals surface area (Å²) in [7, 11) is 0. The normalized spacial score (nSPS) is 10.6.